The summed E-state index contributed by atoms with van der Waals surface area (Å²) in [5.74, 6) is -1.67. The zero-order valence-electron chi connectivity index (χ0n) is 13.8. The average molecular weight is 321 g/mol. The number of esters is 2. The number of amides is 1. The van der Waals surface area contributed by atoms with E-state index in [-0.39, 0.29) is 0 Å². The lowest BCUT2D eigenvalue weighted by atomic mass is 10.3. The van der Waals surface area contributed by atoms with Gasteiger partial charge in [0.05, 0.1) is 0 Å². The van der Waals surface area contributed by atoms with Crippen LogP contribution in [-0.2, 0) is 23.9 Å². The summed E-state index contributed by atoms with van der Waals surface area (Å²) >= 11 is 0. The number of hydrogen-bond donors (Lipinski definition) is 1. The normalized spacial score (nSPS) is 14.4. The van der Waals surface area contributed by atoms with Crippen LogP contribution in [0.3, 0.4) is 0 Å². The van der Waals surface area contributed by atoms with Crippen molar-refractivity contribution in [2.75, 3.05) is 0 Å². The van der Waals surface area contributed by atoms with Crippen molar-refractivity contribution in [2.45, 2.75) is 40.0 Å². The zero-order chi connectivity index (χ0) is 17.7. The van der Waals surface area contributed by atoms with E-state index in [1.807, 2.05) is 13.8 Å². The van der Waals surface area contributed by atoms with Gasteiger partial charge in [0.15, 0.2) is 6.10 Å². The van der Waals surface area contributed by atoms with E-state index in [0.717, 1.165) is 0 Å². The lowest BCUT2D eigenvalue weighted by molar-refractivity contribution is -0.166. The minimum absolute atomic E-state index is 0.471. The van der Waals surface area contributed by atoms with Gasteiger partial charge >= 0.3 is 11.9 Å². The van der Waals surface area contributed by atoms with Gasteiger partial charge in [-0.05, 0) is 20.8 Å². The molecule has 0 aliphatic carbocycles. The SMILES string of the molecule is C/C=C/C=C\C(=O)NC(OC(C)=O)[C@@H](C)OC(=O)/C=C/C=C/C. The fourth-order valence-electron chi connectivity index (χ4n) is 1.39. The highest BCUT2D eigenvalue weighted by Crippen LogP contribution is 2.03. The van der Waals surface area contributed by atoms with E-state index in [2.05, 4.69) is 5.32 Å². The van der Waals surface area contributed by atoms with E-state index >= 15 is 0 Å². The molecule has 6 nitrogen and oxygen atoms in total. The van der Waals surface area contributed by atoms with Gasteiger partial charge in [-0.15, -0.1) is 0 Å². The third-order valence-corrected chi connectivity index (χ3v) is 2.39. The van der Waals surface area contributed by atoms with E-state index in [0.29, 0.717) is 0 Å². The van der Waals surface area contributed by atoms with E-state index in [4.69, 9.17) is 9.47 Å². The highest BCUT2D eigenvalue weighted by Gasteiger charge is 2.24. The van der Waals surface area contributed by atoms with Crippen LogP contribution in [0.15, 0.2) is 48.6 Å². The van der Waals surface area contributed by atoms with Crippen LogP contribution in [-0.4, -0.2) is 30.2 Å². The summed E-state index contributed by atoms with van der Waals surface area (Å²) in [6.45, 7) is 6.35. The molecule has 0 radical (unpaired) electrons. The number of carbonyl (C=O) groups excluding carboxylic acids is 3. The zero-order valence-corrected chi connectivity index (χ0v) is 13.8. The lowest BCUT2D eigenvalue weighted by Crippen LogP contribution is -2.46. The molecule has 0 bridgehead atoms. The van der Waals surface area contributed by atoms with Crippen LogP contribution in [0, 0.1) is 0 Å². The molecule has 1 unspecified atom stereocenters. The Labute approximate surface area is 136 Å². The first-order chi connectivity index (χ1) is 10.9. The number of ether oxygens (including phenoxy) is 2. The van der Waals surface area contributed by atoms with Crippen molar-refractivity contribution in [3.63, 3.8) is 0 Å². The molecule has 0 heterocycles. The Bertz CT molecular complexity index is 517. The van der Waals surface area contributed by atoms with Crippen molar-refractivity contribution < 1.29 is 23.9 Å². The lowest BCUT2D eigenvalue weighted by Gasteiger charge is -2.23. The molecule has 0 saturated heterocycles. The van der Waals surface area contributed by atoms with E-state index in [1.165, 1.54) is 38.2 Å². The van der Waals surface area contributed by atoms with Crippen LogP contribution in [0.25, 0.3) is 0 Å². The second kappa shape index (κ2) is 12.0. The molecule has 1 N–H and O–H groups in total. The smallest absolute Gasteiger partial charge is 0.331 e. The summed E-state index contributed by atoms with van der Waals surface area (Å²) in [6.07, 6.45) is 10.5. The van der Waals surface area contributed by atoms with Gasteiger partial charge < -0.3 is 14.8 Å². The molecule has 0 rings (SSSR count). The molecule has 0 aromatic heterocycles. The highest BCUT2D eigenvalue weighted by molar-refractivity contribution is 5.88. The summed E-state index contributed by atoms with van der Waals surface area (Å²) in [5.41, 5.74) is 0. The summed E-state index contributed by atoms with van der Waals surface area (Å²) < 4.78 is 10.1. The predicted molar refractivity (Wildman–Crippen MR) is 87.2 cm³/mol. The van der Waals surface area contributed by atoms with Crippen molar-refractivity contribution in [3.8, 4) is 0 Å². The minimum atomic E-state index is -1.07. The van der Waals surface area contributed by atoms with Crippen LogP contribution in [0.5, 0.6) is 0 Å². The second-order valence-electron chi connectivity index (χ2n) is 4.45. The Kier molecular flexibility index (Phi) is 10.6. The predicted octanol–water partition coefficient (Wildman–Crippen LogP) is 2.19. The second-order valence-corrected chi connectivity index (χ2v) is 4.45. The van der Waals surface area contributed by atoms with Gasteiger partial charge in [-0.3, -0.25) is 9.59 Å². The number of hydrogen-bond acceptors (Lipinski definition) is 5. The molecule has 1 amide bonds. The number of nitrogens with one attached hydrogen (secondary N) is 1. The van der Waals surface area contributed by atoms with Crippen molar-refractivity contribution in [1.82, 2.24) is 5.32 Å². The third-order valence-electron chi connectivity index (χ3n) is 2.39. The summed E-state index contributed by atoms with van der Waals surface area (Å²) in [5, 5.41) is 2.46. The number of allylic oxidation sites excluding steroid dienone is 6. The summed E-state index contributed by atoms with van der Waals surface area (Å²) in [6, 6.07) is 0. The Morgan fingerprint density at radius 2 is 1.48 bits per heavy atom. The molecule has 0 fully saturated rings. The van der Waals surface area contributed by atoms with Gasteiger partial charge in [0.2, 0.25) is 12.1 Å². The number of rotatable bonds is 8. The first-order valence-electron chi connectivity index (χ1n) is 7.17. The molecule has 23 heavy (non-hydrogen) atoms. The Morgan fingerprint density at radius 1 is 0.913 bits per heavy atom. The highest BCUT2D eigenvalue weighted by atomic mass is 16.6. The fraction of sp³-hybridized carbons (Fsp3) is 0.353. The Balaban J connectivity index is 4.77. The van der Waals surface area contributed by atoms with Crippen LogP contribution >= 0.6 is 0 Å². The molecule has 0 aliphatic rings. The number of carbonyl (C=O) groups is 3. The maximum absolute atomic E-state index is 11.7. The Hall–Kier alpha value is -2.63. The van der Waals surface area contributed by atoms with Gasteiger partial charge in [-0.2, -0.15) is 0 Å². The summed E-state index contributed by atoms with van der Waals surface area (Å²) in [4.78, 5) is 34.5. The molecular formula is C17H23NO5. The van der Waals surface area contributed by atoms with Crippen LogP contribution in [0.1, 0.15) is 27.7 Å². The van der Waals surface area contributed by atoms with Crippen molar-refractivity contribution >= 4 is 17.8 Å². The van der Waals surface area contributed by atoms with Crippen molar-refractivity contribution in [1.29, 1.82) is 0 Å². The molecule has 0 saturated carbocycles. The van der Waals surface area contributed by atoms with E-state index < -0.39 is 30.2 Å². The molecule has 126 valence electrons. The summed E-state index contributed by atoms with van der Waals surface area (Å²) in [7, 11) is 0. The first kappa shape index (κ1) is 20.4. The standard InChI is InChI=1S/C17H23NO5/c1-5-7-9-11-15(20)18-17(23-14(4)19)13(3)22-16(21)12-10-8-6-2/h5-13,17H,1-4H3,(H,18,20)/b7-5+,8-6+,11-9-,12-10+/t13-,17?/m1/s1. The molecule has 2 atom stereocenters. The van der Waals surface area contributed by atoms with Gasteiger partial charge in [0.1, 0.15) is 0 Å². The molecule has 0 aromatic carbocycles. The average Bonchev–Trinajstić information content (AvgIpc) is 2.46. The van der Waals surface area contributed by atoms with Crippen LogP contribution < -0.4 is 5.32 Å². The van der Waals surface area contributed by atoms with Gasteiger partial charge in [-0.1, -0.05) is 36.5 Å². The maximum atomic E-state index is 11.7. The van der Waals surface area contributed by atoms with Gasteiger partial charge in [-0.25, -0.2) is 4.79 Å². The third kappa shape index (κ3) is 10.7. The fourth-order valence-corrected chi connectivity index (χ4v) is 1.39. The van der Waals surface area contributed by atoms with Crippen molar-refractivity contribution in [3.05, 3.63) is 48.6 Å². The Morgan fingerprint density at radius 3 is 2.00 bits per heavy atom. The molecule has 6 heteroatoms. The largest absolute Gasteiger partial charge is 0.453 e. The monoisotopic (exact) mass is 321 g/mol. The molecule has 0 aliphatic heterocycles. The van der Waals surface area contributed by atoms with Gasteiger partial charge in [0.25, 0.3) is 0 Å². The molecule has 0 spiro atoms. The first-order valence-corrected chi connectivity index (χ1v) is 7.17. The van der Waals surface area contributed by atoms with E-state index in [1.54, 1.807) is 24.3 Å². The quantitative estimate of drug-likeness (QED) is 0.321. The molecule has 0 aromatic rings. The molecular weight excluding hydrogens is 298 g/mol. The maximum Gasteiger partial charge on any atom is 0.331 e. The minimum Gasteiger partial charge on any atom is -0.453 e. The topological polar surface area (TPSA) is 81.7 Å². The van der Waals surface area contributed by atoms with Crippen LogP contribution in [0.2, 0.25) is 0 Å². The van der Waals surface area contributed by atoms with Gasteiger partial charge in [0, 0.05) is 19.1 Å². The van der Waals surface area contributed by atoms with Crippen molar-refractivity contribution in [2.24, 2.45) is 0 Å². The van der Waals surface area contributed by atoms with E-state index in [9.17, 15) is 14.4 Å². The van der Waals surface area contributed by atoms with Crippen LogP contribution in [0.4, 0.5) is 0 Å².